The van der Waals surface area contributed by atoms with E-state index in [0.29, 0.717) is 5.91 Å². The van der Waals surface area contributed by atoms with E-state index in [2.05, 4.69) is 6.58 Å². The SMILES string of the molecule is C=CCN1CCCCCCCCCCC1=O. The molecule has 1 aliphatic heterocycles. The first-order valence-electron chi connectivity index (χ1n) is 6.73. The summed E-state index contributed by atoms with van der Waals surface area (Å²) in [7, 11) is 0. The lowest BCUT2D eigenvalue weighted by atomic mass is 10.1. The van der Waals surface area contributed by atoms with Gasteiger partial charge in [-0.05, 0) is 12.8 Å². The van der Waals surface area contributed by atoms with E-state index in [9.17, 15) is 4.79 Å². The fourth-order valence-corrected chi connectivity index (χ4v) is 2.27. The van der Waals surface area contributed by atoms with Gasteiger partial charge in [0, 0.05) is 19.5 Å². The summed E-state index contributed by atoms with van der Waals surface area (Å²) in [6.07, 6.45) is 12.6. The minimum absolute atomic E-state index is 0.320. The maximum absolute atomic E-state index is 11.9. The van der Waals surface area contributed by atoms with Crippen LogP contribution in [0.3, 0.4) is 0 Å². The Labute approximate surface area is 99.7 Å². The lowest BCUT2D eigenvalue weighted by molar-refractivity contribution is -0.130. The van der Waals surface area contributed by atoms with E-state index < -0.39 is 0 Å². The van der Waals surface area contributed by atoms with Gasteiger partial charge >= 0.3 is 0 Å². The van der Waals surface area contributed by atoms with Crippen LogP contribution in [0.15, 0.2) is 12.7 Å². The molecule has 1 aliphatic rings. The highest BCUT2D eigenvalue weighted by Gasteiger charge is 2.11. The molecule has 0 aliphatic carbocycles. The predicted octanol–water partition coefficient (Wildman–Crippen LogP) is 3.53. The van der Waals surface area contributed by atoms with Gasteiger partial charge in [-0.25, -0.2) is 0 Å². The molecule has 0 aromatic rings. The first-order valence-corrected chi connectivity index (χ1v) is 6.73. The van der Waals surface area contributed by atoms with Crippen LogP contribution in [0.4, 0.5) is 0 Å². The fraction of sp³-hybridized carbons (Fsp3) is 0.786. The molecular formula is C14H25NO. The molecule has 0 bridgehead atoms. The van der Waals surface area contributed by atoms with Crippen LogP contribution >= 0.6 is 0 Å². The van der Waals surface area contributed by atoms with Crippen molar-refractivity contribution in [2.24, 2.45) is 0 Å². The van der Waals surface area contributed by atoms with Gasteiger partial charge < -0.3 is 4.90 Å². The highest BCUT2D eigenvalue weighted by Crippen LogP contribution is 2.13. The third kappa shape index (κ3) is 5.34. The molecule has 0 unspecified atom stereocenters. The summed E-state index contributed by atoms with van der Waals surface area (Å²) in [6.45, 7) is 5.37. The van der Waals surface area contributed by atoms with Gasteiger partial charge in [-0.3, -0.25) is 4.79 Å². The topological polar surface area (TPSA) is 20.3 Å². The second-order valence-electron chi connectivity index (χ2n) is 4.71. The average Bonchev–Trinajstić information content (AvgIpc) is 2.28. The molecule has 0 aromatic carbocycles. The lowest BCUT2D eigenvalue weighted by Crippen LogP contribution is -2.32. The third-order valence-corrected chi connectivity index (χ3v) is 3.27. The van der Waals surface area contributed by atoms with Crippen LogP contribution in [-0.2, 0) is 4.79 Å². The zero-order chi connectivity index (χ0) is 11.6. The van der Waals surface area contributed by atoms with E-state index in [0.717, 1.165) is 32.4 Å². The molecule has 1 rings (SSSR count). The normalized spacial score (nSPS) is 21.0. The Morgan fingerprint density at radius 1 is 1.00 bits per heavy atom. The van der Waals surface area contributed by atoms with Crippen molar-refractivity contribution in [1.82, 2.24) is 4.90 Å². The van der Waals surface area contributed by atoms with Crippen LogP contribution in [0.1, 0.15) is 57.8 Å². The molecule has 0 N–H and O–H groups in total. The molecule has 0 spiro atoms. The number of carbonyl (C=O) groups excluding carboxylic acids is 1. The Morgan fingerprint density at radius 2 is 1.56 bits per heavy atom. The van der Waals surface area contributed by atoms with E-state index in [-0.39, 0.29) is 0 Å². The zero-order valence-electron chi connectivity index (χ0n) is 10.4. The monoisotopic (exact) mass is 223 g/mol. The Balaban J connectivity index is 2.39. The third-order valence-electron chi connectivity index (χ3n) is 3.27. The Morgan fingerprint density at radius 3 is 2.19 bits per heavy atom. The maximum atomic E-state index is 11.9. The van der Waals surface area contributed by atoms with Crippen molar-refractivity contribution in [3.05, 3.63) is 12.7 Å². The summed E-state index contributed by atoms with van der Waals surface area (Å²) in [4.78, 5) is 13.9. The molecule has 1 amide bonds. The van der Waals surface area contributed by atoms with Crippen molar-refractivity contribution < 1.29 is 4.79 Å². The summed E-state index contributed by atoms with van der Waals surface area (Å²) >= 11 is 0. The van der Waals surface area contributed by atoms with Crippen LogP contribution in [-0.4, -0.2) is 23.9 Å². The number of hydrogen-bond donors (Lipinski definition) is 0. The summed E-state index contributed by atoms with van der Waals surface area (Å²) in [5.41, 5.74) is 0. The van der Waals surface area contributed by atoms with Crippen LogP contribution < -0.4 is 0 Å². The van der Waals surface area contributed by atoms with E-state index >= 15 is 0 Å². The Hall–Kier alpha value is -0.790. The van der Waals surface area contributed by atoms with Crippen molar-refractivity contribution in [3.8, 4) is 0 Å². The van der Waals surface area contributed by atoms with Gasteiger partial charge in [-0.1, -0.05) is 44.6 Å². The van der Waals surface area contributed by atoms with Gasteiger partial charge in [0.05, 0.1) is 0 Å². The molecular weight excluding hydrogens is 198 g/mol. The Kier molecular flexibility index (Phi) is 6.95. The number of amides is 1. The number of carbonyl (C=O) groups is 1. The van der Waals surface area contributed by atoms with E-state index in [1.54, 1.807) is 0 Å². The maximum Gasteiger partial charge on any atom is 0.222 e. The average molecular weight is 223 g/mol. The van der Waals surface area contributed by atoms with Crippen molar-refractivity contribution in [3.63, 3.8) is 0 Å². The largest absolute Gasteiger partial charge is 0.339 e. The second kappa shape index (κ2) is 8.37. The second-order valence-corrected chi connectivity index (χ2v) is 4.71. The Bertz CT molecular complexity index is 213. The van der Waals surface area contributed by atoms with Crippen molar-refractivity contribution >= 4 is 5.91 Å². The van der Waals surface area contributed by atoms with Gasteiger partial charge in [0.25, 0.3) is 0 Å². The first kappa shape index (κ1) is 13.3. The number of hydrogen-bond acceptors (Lipinski definition) is 1. The smallest absolute Gasteiger partial charge is 0.222 e. The molecule has 0 aromatic heterocycles. The molecule has 0 radical (unpaired) electrons. The fourth-order valence-electron chi connectivity index (χ4n) is 2.27. The van der Waals surface area contributed by atoms with Crippen LogP contribution in [0.5, 0.6) is 0 Å². The molecule has 1 fully saturated rings. The molecule has 0 saturated carbocycles. The van der Waals surface area contributed by atoms with Gasteiger partial charge in [0.15, 0.2) is 0 Å². The summed E-state index contributed by atoms with van der Waals surface area (Å²) in [5.74, 6) is 0.320. The molecule has 2 heteroatoms. The molecule has 0 atom stereocenters. The molecule has 16 heavy (non-hydrogen) atoms. The van der Waals surface area contributed by atoms with E-state index in [1.807, 2.05) is 11.0 Å². The van der Waals surface area contributed by atoms with Crippen molar-refractivity contribution in [2.75, 3.05) is 13.1 Å². The van der Waals surface area contributed by atoms with Gasteiger partial charge in [-0.2, -0.15) is 0 Å². The van der Waals surface area contributed by atoms with Gasteiger partial charge in [0.1, 0.15) is 0 Å². The summed E-state index contributed by atoms with van der Waals surface area (Å²) in [6, 6.07) is 0. The van der Waals surface area contributed by atoms with E-state index in [1.165, 1.54) is 38.5 Å². The molecule has 1 heterocycles. The predicted molar refractivity (Wildman–Crippen MR) is 68.3 cm³/mol. The number of nitrogens with zero attached hydrogens (tertiary/aromatic N) is 1. The van der Waals surface area contributed by atoms with Crippen molar-refractivity contribution in [1.29, 1.82) is 0 Å². The van der Waals surface area contributed by atoms with Crippen molar-refractivity contribution in [2.45, 2.75) is 57.8 Å². The quantitative estimate of drug-likeness (QED) is 0.656. The zero-order valence-corrected chi connectivity index (χ0v) is 10.4. The molecule has 2 nitrogen and oxygen atoms in total. The minimum atomic E-state index is 0.320. The summed E-state index contributed by atoms with van der Waals surface area (Å²) in [5, 5.41) is 0. The molecule has 92 valence electrons. The first-order chi connectivity index (χ1) is 7.84. The van der Waals surface area contributed by atoms with E-state index in [4.69, 9.17) is 0 Å². The lowest BCUT2D eigenvalue weighted by Gasteiger charge is -2.21. The molecule has 1 saturated heterocycles. The standard InChI is InChI=1S/C14H25NO/c1-2-12-15-13-10-8-6-4-3-5-7-9-11-14(15)16/h2H,1,3-13H2. The highest BCUT2D eigenvalue weighted by atomic mass is 16.2. The highest BCUT2D eigenvalue weighted by molar-refractivity contribution is 5.76. The van der Waals surface area contributed by atoms with Gasteiger partial charge in [-0.15, -0.1) is 6.58 Å². The van der Waals surface area contributed by atoms with Crippen LogP contribution in [0, 0.1) is 0 Å². The van der Waals surface area contributed by atoms with Crippen LogP contribution in [0.2, 0.25) is 0 Å². The van der Waals surface area contributed by atoms with Gasteiger partial charge in [0.2, 0.25) is 5.91 Å². The summed E-state index contributed by atoms with van der Waals surface area (Å²) < 4.78 is 0. The minimum Gasteiger partial charge on any atom is -0.339 e. The van der Waals surface area contributed by atoms with Crippen LogP contribution in [0.25, 0.3) is 0 Å². The number of rotatable bonds is 2.